The molecule has 5 heteroatoms. The molecular formula is C51H32N4O. The van der Waals surface area contributed by atoms with Crippen LogP contribution in [0.5, 0.6) is 0 Å². The first-order valence-corrected chi connectivity index (χ1v) is 18.8. The maximum Gasteiger partial charge on any atom is 0.164 e. The van der Waals surface area contributed by atoms with Crippen LogP contribution in [-0.2, 0) is 0 Å². The molecular weight excluding hydrogens is 685 g/mol. The summed E-state index contributed by atoms with van der Waals surface area (Å²) in [6.45, 7) is 0. The number of nitrogens with zero attached hydrogens (tertiary/aromatic N) is 4. The molecule has 0 bridgehead atoms. The van der Waals surface area contributed by atoms with E-state index in [0.717, 1.165) is 77.6 Å². The normalized spacial score (nSPS) is 11.6. The van der Waals surface area contributed by atoms with Crippen LogP contribution < -0.4 is 0 Å². The van der Waals surface area contributed by atoms with Crippen molar-refractivity contribution in [2.75, 3.05) is 0 Å². The molecule has 0 unspecified atom stereocenters. The molecule has 8 aromatic carbocycles. The lowest BCUT2D eigenvalue weighted by Gasteiger charge is -2.12. The molecule has 3 aromatic heterocycles. The van der Waals surface area contributed by atoms with Crippen molar-refractivity contribution >= 4 is 43.7 Å². The van der Waals surface area contributed by atoms with Crippen molar-refractivity contribution in [2.45, 2.75) is 0 Å². The number of furan rings is 1. The van der Waals surface area contributed by atoms with Gasteiger partial charge in [-0.1, -0.05) is 152 Å². The molecule has 56 heavy (non-hydrogen) atoms. The summed E-state index contributed by atoms with van der Waals surface area (Å²) in [5, 5.41) is 4.71. The molecule has 262 valence electrons. The SMILES string of the molecule is c1ccc(-c2nc(-c3ccc(-c4cccc(-c5cccc6oc7ccccc7c56)c4)cc3)nc(-c3cccc(-n4c5ccccc5c5ccccc54)c3)n2)cc1. The fourth-order valence-corrected chi connectivity index (χ4v) is 8.03. The molecule has 0 amide bonds. The van der Waals surface area contributed by atoms with Gasteiger partial charge in [-0.3, -0.25) is 0 Å². The number of benzene rings is 8. The molecule has 11 aromatic rings. The molecule has 0 atom stereocenters. The standard InChI is InChI=1S/C51H32N4O/c1-2-13-34(14-3-1)49-52-50(54-51(53-49)38-17-11-18-39(32-38)55-44-23-7-4-19-41(44)42-20-5-8-24-45(42)55)35-29-27-33(28-30-35)36-15-10-16-37(31-36)40-22-12-26-47-48(40)43-21-6-9-25-46(43)56-47/h1-32H. The fraction of sp³-hybridized carbons (Fsp3) is 0. The first kappa shape index (κ1) is 31.9. The highest BCUT2D eigenvalue weighted by atomic mass is 16.3. The third-order valence-corrected chi connectivity index (χ3v) is 10.7. The number of aromatic nitrogens is 4. The lowest BCUT2D eigenvalue weighted by molar-refractivity contribution is 0.669. The number of para-hydroxylation sites is 3. The van der Waals surface area contributed by atoms with Crippen LogP contribution in [0, 0.1) is 0 Å². The average molecular weight is 717 g/mol. The monoisotopic (exact) mass is 716 g/mol. The summed E-state index contributed by atoms with van der Waals surface area (Å²) in [6.07, 6.45) is 0. The first-order chi connectivity index (χ1) is 27.7. The largest absolute Gasteiger partial charge is 0.456 e. The van der Waals surface area contributed by atoms with Crippen molar-refractivity contribution in [3.63, 3.8) is 0 Å². The first-order valence-electron chi connectivity index (χ1n) is 18.8. The van der Waals surface area contributed by atoms with Gasteiger partial charge in [-0.15, -0.1) is 0 Å². The van der Waals surface area contributed by atoms with Crippen molar-refractivity contribution in [3.05, 3.63) is 194 Å². The van der Waals surface area contributed by atoms with E-state index >= 15 is 0 Å². The summed E-state index contributed by atoms with van der Waals surface area (Å²) in [7, 11) is 0. The quantitative estimate of drug-likeness (QED) is 0.172. The van der Waals surface area contributed by atoms with E-state index in [-0.39, 0.29) is 0 Å². The van der Waals surface area contributed by atoms with E-state index in [1.54, 1.807) is 0 Å². The summed E-state index contributed by atoms with van der Waals surface area (Å²) in [5.74, 6) is 1.87. The highest BCUT2D eigenvalue weighted by molar-refractivity contribution is 6.12. The molecule has 0 aliphatic carbocycles. The van der Waals surface area contributed by atoms with Gasteiger partial charge in [-0.25, -0.2) is 15.0 Å². The Morgan fingerprint density at radius 2 is 0.857 bits per heavy atom. The molecule has 0 radical (unpaired) electrons. The molecule has 0 saturated heterocycles. The van der Waals surface area contributed by atoms with Crippen molar-refractivity contribution in [2.24, 2.45) is 0 Å². The predicted octanol–water partition coefficient (Wildman–Crippen LogP) is 13.2. The van der Waals surface area contributed by atoms with Gasteiger partial charge in [0.1, 0.15) is 11.2 Å². The Balaban J connectivity index is 0.988. The zero-order valence-electron chi connectivity index (χ0n) is 30.2. The highest BCUT2D eigenvalue weighted by Gasteiger charge is 2.17. The molecule has 0 aliphatic heterocycles. The Morgan fingerprint density at radius 1 is 0.339 bits per heavy atom. The molecule has 0 aliphatic rings. The van der Waals surface area contributed by atoms with E-state index in [0.29, 0.717) is 17.5 Å². The van der Waals surface area contributed by atoms with Crippen LogP contribution >= 0.6 is 0 Å². The summed E-state index contributed by atoms with van der Waals surface area (Å²) < 4.78 is 8.51. The smallest absolute Gasteiger partial charge is 0.164 e. The van der Waals surface area contributed by atoms with Gasteiger partial charge >= 0.3 is 0 Å². The Hall–Kier alpha value is -7.63. The van der Waals surface area contributed by atoms with E-state index in [1.165, 1.54) is 10.8 Å². The number of rotatable bonds is 6. The molecule has 5 nitrogen and oxygen atoms in total. The van der Waals surface area contributed by atoms with Gasteiger partial charge in [0.05, 0.1) is 11.0 Å². The van der Waals surface area contributed by atoms with Gasteiger partial charge in [0.25, 0.3) is 0 Å². The van der Waals surface area contributed by atoms with E-state index in [9.17, 15) is 0 Å². The zero-order valence-corrected chi connectivity index (χ0v) is 30.2. The summed E-state index contributed by atoms with van der Waals surface area (Å²) in [6, 6.07) is 67.5. The molecule has 0 fully saturated rings. The van der Waals surface area contributed by atoms with Crippen molar-refractivity contribution in [1.82, 2.24) is 19.5 Å². The van der Waals surface area contributed by atoms with Crippen molar-refractivity contribution < 1.29 is 4.42 Å². The Labute approximate surface area is 322 Å². The van der Waals surface area contributed by atoms with Gasteiger partial charge in [0, 0.05) is 43.9 Å². The average Bonchev–Trinajstić information content (AvgIpc) is 3.83. The lowest BCUT2D eigenvalue weighted by Crippen LogP contribution is -2.01. The minimum Gasteiger partial charge on any atom is -0.456 e. The van der Waals surface area contributed by atoms with Gasteiger partial charge in [0.2, 0.25) is 0 Å². The van der Waals surface area contributed by atoms with Crippen LogP contribution in [0.1, 0.15) is 0 Å². The fourth-order valence-electron chi connectivity index (χ4n) is 8.03. The van der Waals surface area contributed by atoms with Gasteiger partial charge in [-0.05, 0) is 64.7 Å². The predicted molar refractivity (Wildman–Crippen MR) is 229 cm³/mol. The van der Waals surface area contributed by atoms with E-state index < -0.39 is 0 Å². The van der Waals surface area contributed by atoms with Crippen LogP contribution in [0.15, 0.2) is 199 Å². The minimum absolute atomic E-state index is 0.620. The van der Waals surface area contributed by atoms with Gasteiger partial charge in [-0.2, -0.15) is 0 Å². The highest BCUT2D eigenvalue weighted by Crippen LogP contribution is 2.38. The topological polar surface area (TPSA) is 56.7 Å². The maximum absolute atomic E-state index is 6.19. The van der Waals surface area contributed by atoms with E-state index in [4.69, 9.17) is 19.4 Å². The van der Waals surface area contributed by atoms with Crippen LogP contribution in [0.3, 0.4) is 0 Å². The maximum atomic E-state index is 6.19. The third-order valence-electron chi connectivity index (χ3n) is 10.7. The molecule has 0 saturated carbocycles. The van der Waals surface area contributed by atoms with Crippen LogP contribution in [0.2, 0.25) is 0 Å². The second-order valence-corrected chi connectivity index (χ2v) is 14.0. The second kappa shape index (κ2) is 13.0. The van der Waals surface area contributed by atoms with Gasteiger partial charge < -0.3 is 8.98 Å². The third kappa shape index (κ3) is 5.37. The molecule has 11 rings (SSSR count). The van der Waals surface area contributed by atoms with Crippen LogP contribution in [-0.4, -0.2) is 19.5 Å². The van der Waals surface area contributed by atoms with Crippen molar-refractivity contribution in [1.29, 1.82) is 0 Å². The number of hydrogen-bond donors (Lipinski definition) is 0. The second-order valence-electron chi connectivity index (χ2n) is 14.0. The van der Waals surface area contributed by atoms with Crippen LogP contribution in [0.25, 0.3) is 106 Å². The number of hydrogen-bond acceptors (Lipinski definition) is 4. The zero-order chi connectivity index (χ0) is 37.0. The Bertz CT molecular complexity index is 3200. The van der Waals surface area contributed by atoms with E-state index in [2.05, 4.69) is 150 Å². The Kier molecular flexibility index (Phi) is 7.42. The molecule has 0 N–H and O–H groups in total. The Morgan fingerprint density at radius 3 is 1.61 bits per heavy atom. The summed E-state index contributed by atoms with van der Waals surface area (Å²) >= 11 is 0. The molecule has 0 spiro atoms. The minimum atomic E-state index is 0.620. The van der Waals surface area contributed by atoms with Crippen molar-refractivity contribution in [3.8, 4) is 62.1 Å². The molecule has 3 heterocycles. The summed E-state index contributed by atoms with van der Waals surface area (Å²) in [4.78, 5) is 15.2. The number of fused-ring (bicyclic) bond motifs is 6. The van der Waals surface area contributed by atoms with Gasteiger partial charge in [0.15, 0.2) is 17.5 Å². The van der Waals surface area contributed by atoms with Crippen LogP contribution in [0.4, 0.5) is 0 Å². The summed E-state index contributed by atoms with van der Waals surface area (Å²) in [5.41, 5.74) is 12.4. The van der Waals surface area contributed by atoms with E-state index in [1.807, 2.05) is 48.5 Å². The lowest BCUT2D eigenvalue weighted by atomic mass is 9.95.